The van der Waals surface area contributed by atoms with Crippen molar-refractivity contribution in [3.63, 3.8) is 0 Å². The van der Waals surface area contributed by atoms with Gasteiger partial charge in [0.2, 0.25) is 11.0 Å². The minimum Gasteiger partial charge on any atom is -0.497 e. The lowest BCUT2D eigenvalue weighted by Crippen LogP contribution is -2.23. The number of benzene rings is 2. The average Bonchev–Trinajstić information content (AvgIpc) is 2.92. The Morgan fingerprint density at radius 1 is 1.17 bits per heavy atom. The lowest BCUT2D eigenvalue weighted by molar-refractivity contribution is 0.266. The van der Waals surface area contributed by atoms with Crippen molar-refractivity contribution in [1.82, 2.24) is 15.2 Å². The van der Waals surface area contributed by atoms with Gasteiger partial charge in [-0.2, -0.15) is 4.98 Å². The summed E-state index contributed by atoms with van der Waals surface area (Å²) >= 11 is 1.46. The molecule has 4 rings (SSSR count). The molecule has 0 radical (unpaired) electrons. The molecule has 1 N–H and O–H groups in total. The first kappa shape index (κ1) is 19.0. The molecular formula is C22H20N4O2S. The molecule has 2 heterocycles. The van der Waals surface area contributed by atoms with E-state index in [1.165, 1.54) is 11.8 Å². The fourth-order valence-electron chi connectivity index (χ4n) is 2.86. The van der Waals surface area contributed by atoms with E-state index in [2.05, 4.69) is 27.1 Å². The molecule has 1 aromatic heterocycles. The van der Waals surface area contributed by atoms with E-state index < -0.39 is 6.23 Å². The Balaban J connectivity index is 1.65. The molecule has 6 nitrogen and oxygen atoms in total. The zero-order valence-electron chi connectivity index (χ0n) is 15.9. The van der Waals surface area contributed by atoms with Crippen LogP contribution in [-0.4, -0.2) is 34.3 Å². The Labute approximate surface area is 173 Å². The summed E-state index contributed by atoms with van der Waals surface area (Å²) < 4.78 is 11.4. The lowest BCUT2D eigenvalue weighted by atomic mass is 10.1. The van der Waals surface area contributed by atoms with Gasteiger partial charge >= 0.3 is 0 Å². The SMILES string of the molecule is C=CCSc1nnc2c(n1)O[C@@H](/C=C/c1ccc(OC)cc1)Nc1ccccc1-2. The molecule has 0 saturated carbocycles. The number of para-hydroxylation sites is 1. The highest BCUT2D eigenvalue weighted by Gasteiger charge is 2.23. The predicted octanol–water partition coefficient (Wildman–Crippen LogP) is 4.67. The summed E-state index contributed by atoms with van der Waals surface area (Å²) in [5.74, 6) is 1.98. The van der Waals surface area contributed by atoms with E-state index in [9.17, 15) is 0 Å². The molecule has 0 fully saturated rings. The summed E-state index contributed by atoms with van der Waals surface area (Å²) in [5, 5.41) is 12.5. The number of aromatic nitrogens is 3. The van der Waals surface area contributed by atoms with Crippen molar-refractivity contribution in [2.75, 3.05) is 18.2 Å². The molecule has 0 bridgehead atoms. The Hall–Kier alpha value is -3.32. The molecule has 1 aliphatic rings. The smallest absolute Gasteiger partial charge is 0.247 e. The molecule has 3 aromatic rings. The summed E-state index contributed by atoms with van der Waals surface area (Å²) in [6.07, 6.45) is 5.34. The van der Waals surface area contributed by atoms with Crippen LogP contribution in [0.1, 0.15) is 5.56 Å². The first-order valence-electron chi connectivity index (χ1n) is 9.10. The molecule has 146 valence electrons. The Kier molecular flexibility index (Phi) is 5.76. The second kappa shape index (κ2) is 8.79. The van der Waals surface area contributed by atoms with Crippen LogP contribution in [0, 0.1) is 0 Å². The van der Waals surface area contributed by atoms with Gasteiger partial charge in [0.05, 0.1) is 7.11 Å². The van der Waals surface area contributed by atoms with Crippen LogP contribution in [0.5, 0.6) is 11.6 Å². The van der Waals surface area contributed by atoms with Crippen molar-refractivity contribution in [3.05, 3.63) is 72.8 Å². The lowest BCUT2D eigenvalue weighted by Gasteiger charge is -2.15. The fraction of sp³-hybridized carbons (Fsp3) is 0.136. The first-order chi connectivity index (χ1) is 14.3. The normalized spacial score (nSPS) is 14.9. The number of fused-ring (bicyclic) bond motifs is 3. The van der Waals surface area contributed by atoms with Crippen LogP contribution in [0.25, 0.3) is 17.3 Å². The Morgan fingerprint density at radius 3 is 2.79 bits per heavy atom. The van der Waals surface area contributed by atoms with Crippen LogP contribution < -0.4 is 14.8 Å². The zero-order valence-corrected chi connectivity index (χ0v) is 16.7. The molecule has 29 heavy (non-hydrogen) atoms. The summed E-state index contributed by atoms with van der Waals surface area (Å²) in [5.41, 5.74) is 3.48. The minimum absolute atomic E-state index is 0.409. The van der Waals surface area contributed by atoms with Crippen molar-refractivity contribution in [2.24, 2.45) is 0 Å². The third-order valence-corrected chi connectivity index (χ3v) is 5.10. The highest BCUT2D eigenvalue weighted by molar-refractivity contribution is 7.99. The van der Waals surface area contributed by atoms with Crippen molar-refractivity contribution >= 4 is 23.5 Å². The zero-order chi connectivity index (χ0) is 20.1. The van der Waals surface area contributed by atoms with Crippen LogP contribution in [-0.2, 0) is 0 Å². The Morgan fingerprint density at radius 2 is 2.00 bits per heavy atom. The van der Waals surface area contributed by atoms with Gasteiger partial charge in [-0.3, -0.25) is 0 Å². The van der Waals surface area contributed by atoms with Crippen LogP contribution in [0.15, 0.2) is 72.4 Å². The van der Waals surface area contributed by atoms with Crippen LogP contribution in [0.2, 0.25) is 0 Å². The maximum Gasteiger partial charge on any atom is 0.247 e. The van der Waals surface area contributed by atoms with Crippen LogP contribution in [0.3, 0.4) is 0 Å². The van der Waals surface area contributed by atoms with E-state index in [1.807, 2.05) is 60.7 Å². The number of methoxy groups -OCH3 is 1. The largest absolute Gasteiger partial charge is 0.497 e. The monoisotopic (exact) mass is 404 g/mol. The maximum atomic E-state index is 6.15. The van der Waals surface area contributed by atoms with Crippen molar-refractivity contribution < 1.29 is 9.47 Å². The number of nitrogens with one attached hydrogen (secondary N) is 1. The maximum absolute atomic E-state index is 6.15. The molecule has 1 aliphatic heterocycles. The quantitative estimate of drug-likeness (QED) is 0.473. The second-order valence-electron chi connectivity index (χ2n) is 6.21. The number of nitrogens with zero attached hydrogens (tertiary/aromatic N) is 3. The number of anilines is 1. The highest BCUT2D eigenvalue weighted by atomic mass is 32.2. The standard InChI is InChI=1S/C22H20N4O2S/c1-3-14-29-22-24-21-20(25-26-22)17-6-4-5-7-18(17)23-19(28-21)13-10-15-8-11-16(27-2)12-9-15/h3-13,19,23H,1,14H2,2H3/b13-10+/t19-/m0/s1. The van der Waals surface area contributed by atoms with Gasteiger partial charge in [0, 0.05) is 17.0 Å². The van der Waals surface area contributed by atoms with Gasteiger partial charge in [0.25, 0.3) is 0 Å². The summed E-state index contributed by atoms with van der Waals surface area (Å²) in [7, 11) is 1.65. The van der Waals surface area contributed by atoms with Gasteiger partial charge in [0.15, 0.2) is 11.9 Å². The molecule has 7 heteroatoms. The average molecular weight is 404 g/mol. The molecule has 0 unspecified atom stereocenters. The van der Waals surface area contributed by atoms with Gasteiger partial charge in [0.1, 0.15) is 5.75 Å². The summed E-state index contributed by atoms with van der Waals surface area (Å²) in [6, 6.07) is 15.7. The fourth-order valence-corrected chi connectivity index (χ4v) is 3.38. The summed E-state index contributed by atoms with van der Waals surface area (Å²) in [6.45, 7) is 3.73. The summed E-state index contributed by atoms with van der Waals surface area (Å²) in [4.78, 5) is 4.57. The van der Waals surface area contributed by atoms with E-state index in [4.69, 9.17) is 9.47 Å². The van der Waals surface area contributed by atoms with E-state index in [-0.39, 0.29) is 0 Å². The van der Waals surface area contributed by atoms with Crippen LogP contribution >= 0.6 is 11.8 Å². The third-order valence-electron chi connectivity index (χ3n) is 4.26. The van der Waals surface area contributed by atoms with Gasteiger partial charge in [-0.1, -0.05) is 54.2 Å². The van der Waals surface area contributed by atoms with Gasteiger partial charge in [-0.25, -0.2) is 0 Å². The van der Waals surface area contributed by atoms with E-state index >= 15 is 0 Å². The molecule has 0 aliphatic carbocycles. The molecule has 0 spiro atoms. The van der Waals surface area contributed by atoms with Gasteiger partial charge in [-0.05, 0) is 29.8 Å². The number of hydrogen-bond acceptors (Lipinski definition) is 7. The topological polar surface area (TPSA) is 69.2 Å². The van der Waals surface area contributed by atoms with Gasteiger partial charge in [-0.15, -0.1) is 16.8 Å². The Bertz CT molecular complexity index is 1040. The first-order valence-corrected chi connectivity index (χ1v) is 10.1. The number of hydrogen-bond donors (Lipinski definition) is 1. The van der Waals surface area contributed by atoms with Crippen molar-refractivity contribution in [1.29, 1.82) is 0 Å². The van der Waals surface area contributed by atoms with E-state index in [1.54, 1.807) is 13.2 Å². The number of thioether (sulfide) groups is 1. The van der Waals surface area contributed by atoms with E-state index in [0.717, 1.165) is 22.6 Å². The number of rotatable bonds is 6. The third kappa shape index (κ3) is 4.41. The molecule has 0 saturated heterocycles. The van der Waals surface area contributed by atoms with Crippen LogP contribution in [0.4, 0.5) is 5.69 Å². The predicted molar refractivity (Wildman–Crippen MR) is 116 cm³/mol. The highest BCUT2D eigenvalue weighted by Crippen LogP contribution is 2.36. The minimum atomic E-state index is -0.409. The molecular weight excluding hydrogens is 384 g/mol. The molecule has 1 atom stereocenters. The van der Waals surface area contributed by atoms with E-state index in [0.29, 0.717) is 22.5 Å². The molecule has 2 aromatic carbocycles. The molecule has 0 amide bonds. The second-order valence-corrected chi connectivity index (χ2v) is 7.20. The van der Waals surface area contributed by atoms with Crippen molar-refractivity contribution in [2.45, 2.75) is 11.4 Å². The van der Waals surface area contributed by atoms with Gasteiger partial charge < -0.3 is 14.8 Å². The van der Waals surface area contributed by atoms with Crippen molar-refractivity contribution in [3.8, 4) is 22.9 Å². The number of ether oxygens (including phenoxy) is 2.